The van der Waals surface area contributed by atoms with Crippen molar-refractivity contribution < 1.29 is 22.4 Å². The molecule has 2 N–H and O–H groups in total. The summed E-state index contributed by atoms with van der Waals surface area (Å²) in [6.07, 6.45) is -1.87. The summed E-state index contributed by atoms with van der Waals surface area (Å²) >= 11 is 0. The number of alkyl halides is 3. The first-order chi connectivity index (χ1) is 15.2. The third-order valence-electron chi connectivity index (χ3n) is 5.75. The number of halogens is 4. The van der Waals surface area contributed by atoms with Gasteiger partial charge in [0.05, 0.1) is 11.1 Å². The van der Waals surface area contributed by atoms with E-state index >= 15 is 0 Å². The summed E-state index contributed by atoms with van der Waals surface area (Å²) in [7, 11) is 0. The minimum atomic E-state index is -4.69. The normalized spacial score (nSPS) is 12.0. The fraction of sp³-hybridized carbons (Fsp3) is 0.240. The molecule has 1 aromatic heterocycles. The molecule has 3 nitrogen and oxygen atoms in total. The van der Waals surface area contributed by atoms with Crippen LogP contribution in [0, 0.1) is 5.82 Å². The highest BCUT2D eigenvalue weighted by molar-refractivity contribution is 6.18. The summed E-state index contributed by atoms with van der Waals surface area (Å²) < 4.78 is 56.2. The van der Waals surface area contributed by atoms with Crippen LogP contribution in [0.5, 0.6) is 0 Å². The number of benzene rings is 3. The number of hydrogen-bond acceptors (Lipinski definition) is 1. The van der Waals surface area contributed by atoms with Gasteiger partial charge in [0.1, 0.15) is 5.82 Å². The summed E-state index contributed by atoms with van der Waals surface area (Å²) in [6.45, 7) is 1.95. The van der Waals surface area contributed by atoms with Crippen LogP contribution < -0.4 is 5.73 Å². The number of hydrogen-bond donors (Lipinski definition) is 1. The van der Waals surface area contributed by atoms with E-state index in [1.165, 1.54) is 0 Å². The van der Waals surface area contributed by atoms with E-state index in [0.29, 0.717) is 28.0 Å². The molecule has 0 aliphatic rings. The summed E-state index contributed by atoms with van der Waals surface area (Å²) in [5, 5.41) is 1.35. The highest BCUT2D eigenvalue weighted by Crippen LogP contribution is 2.36. The lowest BCUT2D eigenvalue weighted by Crippen LogP contribution is -2.13. The lowest BCUT2D eigenvalue weighted by atomic mass is 10.0. The Bertz CT molecular complexity index is 1320. The van der Waals surface area contributed by atoms with E-state index in [2.05, 4.69) is 6.92 Å². The van der Waals surface area contributed by atoms with E-state index in [-0.39, 0.29) is 12.1 Å². The van der Waals surface area contributed by atoms with E-state index in [1.807, 2.05) is 18.2 Å². The number of carbonyl (C=O) groups is 1. The van der Waals surface area contributed by atoms with Crippen molar-refractivity contribution in [1.82, 2.24) is 4.57 Å². The number of unbranched alkanes of at least 4 members (excludes halogenated alkanes) is 1. The van der Waals surface area contributed by atoms with Crippen molar-refractivity contribution in [3.63, 3.8) is 0 Å². The Morgan fingerprint density at radius 1 is 1.03 bits per heavy atom. The zero-order valence-corrected chi connectivity index (χ0v) is 17.5. The molecule has 0 unspecified atom stereocenters. The van der Waals surface area contributed by atoms with Crippen LogP contribution >= 0.6 is 0 Å². The van der Waals surface area contributed by atoms with Crippen molar-refractivity contribution in [3.8, 4) is 0 Å². The van der Waals surface area contributed by atoms with Gasteiger partial charge < -0.3 is 10.3 Å². The van der Waals surface area contributed by atoms with Crippen LogP contribution in [-0.4, -0.2) is 10.5 Å². The number of aryl methyl sites for hydroxylation is 1. The predicted molar refractivity (Wildman–Crippen MR) is 117 cm³/mol. The molecule has 0 aliphatic carbocycles. The molecule has 0 aliphatic heterocycles. The Balaban J connectivity index is 1.99. The molecule has 0 radical (unpaired) electrons. The van der Waals surface area contributed by atoms with E-state index in [9.17, 15) is 22.4 Å². The maximum atomic E-state index is 13.6. The Kier molecular flexibility index (Phi) is 5.67. The van der Waals surface area contributed by atoms with E-state index < -0.39 is 23.5 Å². The van der Waals surface area contributed by atoms with Gasteiger partial charge in [-0.25, -0.2) is 4.39 Å². The SMILES string of the molecule is CCCCc1ccc2c3c(C(N)=O)cccc3n(Cc3ccc(F)cc3C(F)(F)F)c2c1. The zero-order chi connectivity index (χ0) is 23.0. The van der Waals surface area contributed by atoms with Gasteiger partial charge in [0, 0.05) is 28.4 Å². The largest absolute Gasteiger partial charge is 0.416 e. The Hall–Kier alpha value is -3.35. The summed E-state index contributed by atoms with van der Waals surface area (Å²) in [5.41, 5.74) is 7.19. The van der Waals surface area contributed by atoms with Crippen molar-refractivity contribution in [2.45, 2.75) is 38.9 Å². The third-order valence-corrected chi connectivity index (χ3v) is 5.75. The number of primary amides is 1. The fourth-order valence-corrected chi connectivity index (χ4v) is 4.22. The van der Waals surface area contributed by atoms with Crippen molar-refractivity contribution in [1.29, 1.82) is 0 Å². The van der Waals surface area contributed by atoms with Crippen molar-refractivity contribution in [2.75, 3.05) is 0 Å². The molecule has 166 valence electrons. The summed E-state index contributed by atoms with van der Waals surface area (Å²) in [6, 6.07) is 13.5. The Morgan fingerprint density at radius 3 is 2.50 bits per heavy atom. The average Bonchev–Trinajstić information content (AvgIpc) is 3.05. The van der Waals surface area contributed by atoms with Gasteiger partial charge >= 0.3 is 6.18 Å². The zero-order valence-electron chi connectivity index (χ0n) is 17.5. The highest BCUT2D eigenvalue weighted by Gasteiger charge is 2.34. The van der Waals surface area contributed by atoms with Crippen LogP contribution in [0.25, 0.3) is 21.8 Å². The minimum absolute atomic E-state index is 0.0545. The number of nitrogens with zero attached hydrogens (tertiary/aromatic N) is 1. The van der Waals surface area contributed by atoms with Gasteiger partial charge in [-0.3, -0.25) is 4.79 Å². The molecule has 1 heterocycles. The van der Waals surface area contributed by atoms with E-state index in [0.717, 1.165) is 42.3 Å². The second-order valence-corrected chi connectivity index (χ2v) is 7.90. The molecule has 0 spiro atoms. The molecular formula is C25H22F4N2O. The first-order valence-electron chi connectivity index (χ1n) is 10.4. The quantitative estimate of drug-likeness (QED) is 0.343. The number of rotatable bonds is 6. The average molecular weight is 442 g/mol. The predicted octanol–water partition coefficient (Wildman–Crippen LogP) is 6.44. The molecule has 0 saturated carbocycles. The Labute approximate surface area is 182 Å². The Morgan fingerprint density at radius 2 is 1.81 bits per heavy atom. The minimum Gasteiger partial charge on any atom is -0.366 e. The maximum Gasteiger partial charge on any atom is 0.416 e. The standard InChI is InChI=1S/C25H22F4N2O/c1-2-3-5-15-8-11-18-22(12-15)31(21-7-4-6-19(23(18)21)24(30)32)14-16-9-10-17(26)13-20(16)25(27,28)29/h4,6-13H,2-3,5,14H2,1H3,(H2,30,32). The molecule has 7 heteroatoms. The van der Waals surface area contributed by atoms with Gasteiger partial charge in [0.2, 0.25) is 5.91 Å². The van der Waals surface area contributed by atoms with Crippen molar-refractivity contribution in [3.05, 3.63) is 82.7 Å². The van der Waals surface area contributed by atoms with Gasteiger partial charge in [-0.2, -0.15) is 13.2 Å². The van der Waals surface area contributed by atoms with Gasteiger partial charge in [0.25, 0.3) is 0 Å². The maximum absolute atomic E-state index is 13.6. The number of nitrogens with two attached hydrogens (primary N) is 1. The third kappa shape index (κ3) is 3.95. The molecule has 4 aromatic rings. The van der Waals surface area contributed by atoms with Gasteiger partial charge in [0.15, 0.2) is 0 Å². The van der Waals surface area contributed by atoms with Crippen molar-refractivity contribution in [2.24, 2.45) is 5.73 Å². The van der Waals surface area contributed by atoms with Gasteiger partial charge in [-0.1, -0.05) is 37.6 Å². The number of fused-ring (bicyclic) bond motifs is 3. The smallest absolute Gasteiger partial charge is 0.366 e. The molecule has 0 bridgehead atoms. The molecular weight excluding hydrogens is 420 g/mol. The summed E-state index contributed by atoms with van der Waals surface area (Å²) in [4.78, 5) is 12.1. The number of carbonyl (C=O) groups excluding carboxylic acids is 1. The molecule has 32 heavy (non-hydrogen) atoms. The molecule has 1 amide bonds. The van der Waals surface area contributed by atoms with Crippen LogP contribution in [0.2, 0.25) is 0 Å². The number of amides is 1. The van der Waals surface area contributed by atoms with Gasteiger partial charge in [-0.05, 0) is 54.3 Å². The molecule has 0 saturated heterocycles. The van der Waals surface area contributed by atoms with E-state index in [1.54, 1.807) is 22.8 Å². The first-order valence-corrected chi connectivity index (χ1v) is 10.4. The topological polar surface area (TPSA) is 48.0 Å². The van der Waals surface area contributed by atoms with Crippen LogP contribution in [-0.2, 0) is 19.1 Å². The highest BCUT2D eigenvalue weighted by atomic mass is 19.4. The number of aromatic nitrogens is 1. The lowest BCUT2D eigenvalue weighted by molar-refractivity contribution is -0.138. The molecule has 0 fully saturated rings. The van der Waals surface area contributed by atoms with Crippen LogP contribution in [0.15, 0.2) is 54.6 Å². The lowest BCUT2D eigenvalue weighted by Gasteiger charge is -2.15. The van der Waals surface area contributed by atoms with E-state index in [4.69, 9.17) is 5.73 Å². The summed E-state index contributed by atoms with van der Waals surface area (Å²) in [5.74, 6) is -1.55. The fourth-order valence-electron chi connectivity index (χ4n) is 4.22. The van der Waals surface area contributed by atoms with Gasteiger partial charge in [-0.15, -0.1) is 0 Å². The van der Waals surface area contributed by atoms with Crippen molar-refractivity contribution >= 4 is 27.7 Å². The molecule has 4 rings (SSSR count). The molecule has 0 atom stereocenters. The van der Waals surface area contributed by atoms with Crippen LogP contribution in [0.1, 0.15) is 46.8 Å². The second-order valence-electron chi connectivity index (χ2n) is 7.90. The molecule has 3 aromatic carbocycles. The first kappa shape index (κ1) is 21.9. The van der Waals surface area contributed by atoms with Crippen LogP contribution in [0.3, 0.4) is 0 Å². The monoisotopic (exact) mass is 442 g/mol. The van der Waals surface area contributed by atoms with Crippen LogP contribution in [0.4, 0.5) is 17.6 Å². The second kappa shape index (κ2) is 8.30.